The summed E-state index contributed by atoms with van der Waals surface area (Å²) in [6.45, 7) is 7.58. The quantitative estimate of drug-likeness (QED) is 0.721. The van der Waals surface area contributed by atoms with Gasteiger partial charge in [-0.3, -0.25) is 0 Å². The molecule has 3 nitrogen and oxygen atoms in total. The Morgan fingerprint density at radius 1 is 1.38 bits per heavy atom. The molecule has 1 aromatic carbocycles. The highest BCUT2D eigenvalue weighted by atomic mass is 16.5. The Bertz CT molecular complexity index is 326. The lowest BCUT2D eigenvalue weighted by Crippen LogP contribution is -2.32. The van der Waals surface area contributed by atoms with Crippen LogP contribution in [0.5, 0.6) is 5.75 Å². The van der Waals surface area contributed by atoms with E-state index >= 15 is 0 Å². The summed E-state index contributed by atoms with van der Waals surface area (Å²) in [6.07, 6.45) is 0. The van der Waals surface area contributed by atoms with Crippen molar-refractivity contribution in [1.82, 2.24) is 5.32 Å². The van der Waals surface area contributed by atoms with Crippen LogP contribution >= 0.6 is 0 Å². The Labute approximate surface area is 97.4 Å². The van der Waals surface area contributed by atoms with Crippen LogP contribution in [0.3, 0.4) is 0 Å². The average Bonchev–Trinajstić information content (AvgIpc) is 2.26. The van der Waals surface area contributed by atoms with Crippen molar-refractivity contribution in [2.75, 3.05) is 19.8 Å². The molecule has 0 saturated heterocycles. The molecule has 2 N–H and O–H groups in total. The second kappa shape index (κ2) is 6.51. The maximum absolute atomic E-state index is 8.82. The highest BCUT2D eigenvalue weighted by molar-refractivity contribution is 5.35. The molecule has 90 valence electrons. The summed E-state index contributed by atoms with van der Waals surface area (Å²) in [5.41, 5.74) is 2.41. The lowest BCUT2D eigenvalue weighted by molar-refractivity contribution is 0.239. The van der Waals surface area contributed by atoms with E-state index in [2.05, 4.69) is 18.3 Å². The number of aliphatic hydroxyl groups excluding tert-OH is 1. The molecule has 0 spiro atoms. The Morgan fingerprint density at radius 3 is 2.75 bits per heavy atom. The van der Waals surface area contributed by atoms with Crippen LogP contribution in [0.2, 0.25) is 0 Å². The summed E-state index contributed by atoms with van der Waals surface area (Å²) in [5, 5.41) is 12.0. The van der Waals surface area contributed by atoms with Gasteiger partial charge in [-0.05, 0) is 32.4 Å². The zero-order chi connectivity index (χ0) is 12.0. The molecule has 0 fully saturated rings. The minimum atomic E-state index is 0.128. The third-order valence-electron chi connectivity index (χ3n) is 2.46. The van der Waals surface area contributed by atoms with Crippen molar-refractivity contribution in [2.24, 2.45) is 0 Å². The molecule has 0 radical (unpaired) electrons. The van der Waals surface area contributed by atoms with E-state index in [9.17, 15) is 0 Å². The van der Waals surface area contributed by atoms with E-state index in [0.717, 1.165) is 17.9 Å². The monoisotopic (exact) mass is 223 g/mol. The number of ether oxygens (including phenoxy) is 1. The Balaban J connectivity index is 2.32. The zero-order valence-corrected chi connectivity index (χ0v) is 10.3. The van der Waals surface area contributed by atoms with Crippen molar-refractivity contribution in [1.29, 1.82) is 0 Å². The van der Waals surface area contributed by atoms with Gasteiger partial charge >= 0.3 is 0 Å². The summed E-state index contributed by atoms with van der Waals surface area (Å²) in [6, 6.07) is 6.29. The largest absolute Gasteiger partial charge is 0.492 e. The first-order valence-electron chi connectivity index (χ1n) is 5.67. The average molecular weight is 223 g/mol. The predicted molar refractivity (Wildman–Crippen MR) is 66.0 cm³/mol. The molecule has 0 heterocycles. The van der Waals surface area contributed by atoms with E-state index in [1.54, 1.807) is 0 Å². The Kier molecular flexibility index (Phi) is 5.29. The molecule has 3 heteroatoms. The van der Waals surface area contributed by atoms with E-state index < -0.39 is 0 Å². The van der Waals surface area contributed by atoms with Crippen molar-refractivity contribution in [3.63, 3.8) is 0 Å². The van der Waals surface area contributed by atoms with Gasteiger partial charge in [0, 0.05) is 12.6 Å². The number of aryl methyl sites for hydroxylation is 2. The Morgan fingerprint density at radius 2 is 2.12 bits per heavy atom. The van der Waals surface area contributed by atoms with Gasteiger partial charge in [-0.25, -0.2) is 0 Å². The molecule has 0 aliphatic heterocycles. The van der Waals surface area contributed by atoms with E-state index in [1.165, 1.54) is 5.56 Å². The predicted octanol–water partition coefficient (Wildman–Crippen LogP) is 1.65. The van der Waals surface area contributed by atoms with Gasteiger partial charge in [0.15, 0.2) is 0 Å². The van der Waals surface area contributed by atoms with Gasteiger partial charge in [-0.15, -0.1) is 0 Å². The number of nitrogens with one attached hydrogen (secondary N) is 1. The lowest BCUT2D eigenvalue weighted by atomic mass is 10.1. The van der Waals surface area contributed by atoms with Gasteiger partial charge < -0.3 is 15.2 Å². The smallest absolute Gasteiger partial charge is 0.122 e. The second-order valence-electron chi connectivity index (χ2n) is 4.16. The van der Waals surface area contributed by atoms with Crippen LogP contribution in [0, 0.1) is 13.8 Å². The molecule has 0 amide bonds. The molecular formula is C13H21NO2. The lowest BCUT2D eigenvalue weighted by Gasteiger charge is -2.13. The second-order valence-corrected chi connectivity index (χ2v) is 4.16. The van der Waals surface area contributed by atoms with Crippen LogP contribution in [-0.2, 0) is 0 Å². The standard InChI is InChI=1S/C13H21NO2/c1-10-4-5-13(11(2)8-10)16-7-6-14-12(3)9-15/h4-5,8,12,14-15H,6-7,9H2,1-3H3/t12-/m1/s1. The van der Waals surface area contributed by atoms with Gasteiger partial charge in [0.1, 0.15) is 12.4 Å². The fourth-order valence-corrected chi connectivity index (χ4v) is 1.49. The van der Waals surface area contributed by atoms with E-state index in [4.69, 9.17) is 9.84 Å². The minimum absolute atomic E-state index is 0.128. The molecule has 16 heavy (non-hydrogen) atoms. The van der Waals surface area contributed by atoms with Crippen molar-refractivity contribution >= 4 is 0 Å². The molecule has 0 aliphatic carbocycles. The summed E-state index contributed by atoms with van der Waals surface area (Å²) in [7, 11) is 0. The van der Waals surface area contributed by atoms with E-state index in [0.29, 0.717) is 6.61 Å². The molecule has 1 aromatic rings. The van der Waals surface area contributed by atoms with Gasteiger partial charge in [0.05, 0.1) is 6.61 Å². The van der Waals surface area contributed by atoms with Crippen LogP contribution in [0.15, 0.2) is 18.2 Å². The Hall–Kier alpha value is -1.06. The first-order chi connectivity index (χ1) is 7.63. The van der Waals surface area contributed by atoms with Crippen molar-refractivity contribution < 1.29 is 9.84 Å². The molecule has 1 rings (SSSR count). The van der Waals surface area contributed by atoms with Gasteiger partial charge in [-0.2, -0.15) is 0 Å². The third-order valence-corrected chi connectivity index (χ3v) is 2.46. The van der Waals surface area contributed by atoms with Crippen LogP contribution in [0.4, 0.5) is 0 Å². The summed E-state index contributed by atoms with van der Waals surface area (Å²) < 4.78 is 5.64. The van der Waals surface area contributed by atoms with Crippen LogP contribution in [-0.4, -0.2) is 30.9 Å². The number of rotatable bonds is 6. The third kappa shape index (κ3) is 4.21. The van der Waals surface area contributed by atoms with Crippen LogP contribution in [0.1, 0.15) is 18.1 Å². The topological polar surface area (TPSA) is 41.5 Å². The molecule has 0 aromatic heterocycles. The first-order valence-corrected chi connectivity index (χ1v) is 5.67. The zero-order valence-electron chi connectivity index (χ0n) is 10.3. The normalized spacial score (nSPS) is 12.5. The number of hydrogen-bond acceptors (Lipinski definition) is 3. The number of benzene rings is 1. The summed E-state index contributed by atoms with van der Waals surface area (Å²) in [4.78, 5) is 0. The summed E-state index contributed by atoms with van der Waals surface area (Å²) >= 11 is 0. The molecule has 0 aliphatic rings. The van der Waals surface area contributed by atoms with Crippen molar-refractivity contribution in [3.8, 4) is 5.75 Å². The number of aliphatic hydroxyl groups is 1. The molecule has 1 atom stereocenters. The fourth-order valence-electron chi connectivity index (χ4n) is 1.49. The number of hydrogen-bond donors (Lipinski definition) is 2. The molecule has 0 bridgehead atoms. The molecule has 0 unspecified atom stereocenters. The highest BCUT2D eigenvalue weighted by Crippen LogP contribution is 2.18. The maximum Gasteiger partial charge on any atom is 0.122 e. The first kappa shape index (κ1) is 13.0. The van der Waals surface area contributed by atoms with Gasteiger partial charge in [-0.1, -0.05) is 17.7 Å². The SMILES string of the molecule is Cc1ccc(OCCN[C@H](C)CO)c(C)c1. The van der Waals surface area contributed by atoms with Crippen molar-refractivity contribution in [2.45, 2.75) is 26.8 Å². The fraction of sp³-hybridized carbons (Fsp3) is 0.538. The maximum atomic E-state index is 8.82. The molecule has 0 saturated carbocycles. The minimum Gasteiger partial charge on any atom is -0.492 e. The van der Waals surface area contributed by atoms with Crippen LogP contribution < -0.4 is 10.1 Å². The van der Waals surface area contributed by atoms with Crippen LogP contribution in [0.25, 0.3) is 0 Å². The van der Waals surface area contributed by atoms with E-state index in [1.807, 2.05) is 26.0 Å². The van der Waals surface area contributed by atoms with Gasteiger partial charge in [0.25, 0.3) is 0 Å². The summed E-state index contributed by atoms with van der Waals surface area (Å²) in [5.74, 6) is 0.934. The van der Waals surface area contributed by atoms with E-state index in [-0.39, 0.29) is 12.6 Å². The molecular weight excluding hydrogens is 202 g/mol. The van der Waals surface area contributed by atoms with Gasteiger partial charge in [0.2, 0.25) is 0 Å². The van der Waals surface area contributed by atoms with Crippen molar-refractivity contribution in [3.05, 3.63) is 29.3 Å². The highest BCUT2D eigenvalue weighted by Gasteiger charge is 2.00.